The molecule has 0 aromatic heterocycles. The van der Waals surface area contributed by atoms with Crippen LogP contribution in [0.1, 0.15) is 57.6 Å². The molecule has 33 heavy (non-hydrogen) atoms. The van der Waals surface area contributed by atoms with Crippen LogP contribution in [0.25, 0.3) is 0 Å². The Morgan fingerprint density at radius 3 is 2.70 bits per heavy atom. The van der Waals surface area contributed by atoms with Gasteiger partial charge in [0, 0.05) is 24.2 Å². The summed E-state index contributed by atoms with van der Waals surface area (Å²) in [6.07, 6.45) is 5.44. The molecule has 7 rings (SSSR count). The molecule has 4 unspecified atom stereocenters. The first kappa shape index (κ1) is 19.4. The molecule has 2 saturated carbocycles. The summed E-state index contributed by atoms with van der Waals surface area (Å²) in [5.41, 5.74) is 5.13. The van der Waals surface area contributed by atoms with Crippen molar-refractivity contribution in [1.82, 2.24) is 0 Å². The number of nitrogens with one attached hydrogen (secondary N) is 1. The second-order valence-electron chi connectivity index (χ2n) is 10.7. The minimum Gasteiger partial charge on any atom is -0.454 e. The van der Waals surface area contributed by atoms with Crippen LogP contribution in [0.4, 0.5) is 11.4 Å². The predicted molar refractivity (Wildman–Crippen MR) is 128 cm³/mol. The third-order valence-electron chi connectivity index (χ3n) is 8.97. The third kappa shape index (κ3) is 2.73. The SMILES string of the molecule is CC1(C)C2CCC(C2)C12CC(C1=Nc3ccccc3NC(c3ccc4c(c3)OCO4)C1)=NO2. The highest BCUT2D eigenvalue weighted by Crippen LogP contribution is 2.65. The molecule has 0 saturated heterocycles. The summed E-state index contributed by atoms with van der Waals surface area (Å²) >= 11 is 0. The Kier molecular flexibility index (Phi) is 3.98. The van der Waals surface area contributed by atoms with E-state index >= 15 is 0 Å². The number of ether oxygens (including phenoxy) is 2. The summed E-state index contributed by atoms with van der Waals surface area (Å²) in [5.74, 6) is 2.93. The van der Waals surface area contributed by atoms with Gasteiger partial charge in [-0.2, -0.15) is 0 Å². The first-order chi connectivity index (χ1) is 16.0. The van der Waals surface area contributed by atoms with Crippen LogP contribution in [0.2, 0.25) is 0 Å². The van der Waals surface area contributed by atoms with E-state index in [0.717, 1.165) is 58.6 Å². The monoisotopic (exact) mass is 443 g/mol. The van der Waals surface area contributed by atoms with Gasteiger partial charge in [0.2, 0.25) is 6.79 Å². The lowest BCUT2D eigenvalue weighted by Gasteiger charge is -2.44. The molecule has 0 amide bonds. The second kappa shape index (κ2) is 6.75. The number of fused-ring (bicyclic) bond motifs is 5. The average Bonchev–Trinajstić information content (AvgIpc) is 3.58. The topological polar surface area (TPSA) is 64.4 Å². The summed E-state index contributed by atoms with van der Waals surface area (Å²) in [6.45, 7) is 5.05. The van der Waals surface area contributed by atoms with Crippen LogP contribution >= 0.6 is 0 Å². The Bertz CT molecular complexity index is 1200. The van der Waals surface area contributed by atoms with Crippen molar-refractivity contribution in [3.8, 4) is 11.5 Å². The zero-order valence-corrected chi connectivity index (χ0v) is 19.1. The zero-order valence-electron chi connectivity index (χ0n) is 19.1. The number of nitrogens with zero attached hydrogens (tertiary/aromatic N) is 2. The fraction of sp³-hybridized carbons (Fsp3) is 0.481. The first-order valence-corrected chi connectivity index (χ1v) is 12.1. The molecule has 2 aliphatic carbocycles. The van der Waals surface area contributed by atoms with Gasteiger partial charge in [-0.3, -0.25) is 0 Å². The van der Waals surface area contributed by atoms with Gasteiger partial charge in [0.25, 0.3) is 0 Å². The molecule has 3 aliphatic heterocycles. The molecule has 2 aromatic carbocycles. The summed E-state index contributed by atoms with van der Waals surface area (Å²) in [5, 5.41) is 8.44. The maximum absolute atomic E-state index is 6.40. The van der Waals surface area contributed by atoms with Gasteiger partial charge in [0.15, 0.2) is 17.1 Å². The van der Waals surface area contributed by atoms with Crippen LogP contribution in [0.5, 0.6) is 11.5 Å². The Labute approximate surface area is 194 Å². The highest BCUT2D eigenvalue weighted by molar-refractivity contribution is 6.43. The lowest BCUT2D eigenvalue weighted by atomic mass is 9.63. The fourth-order valence-electron chi connectivity index (χ4n) is 6.93. The maximum atomic E-state index is 6.40. The number of rotatable bonds is 2. The van der Waals surface area contributed by atoms with E-state index in [1.165, 1.54) is 19.3 Å². The molecule has 1 spiro atoms. The van der Waals surface area contributed by atoms with Crippen LogP contribution in [0, 0.1) is 17.3 Å². The second-order valence-corrected chi connectivity index (χ2v) is 10.7. The molecule has 6 heteroatoms. The van der Waals surface area contributed by atoms with Gasteiger partial charge >= 0.3 is 0 Å². The maximum Gasteiger partial charge on any atom is 0.231 e. The van der Waals surface area contributed by atoms with Crippen LogP contribution in [-0.2, 0) is 4.84 Å². The van der Waals surface area contributed by atoms with E-state index < -0.39 is 0 Å². The number of hydrogen-bond donors (Lipinski definition) is 1. The van der Waals surface area contributed by atoms with E-state index in [1.807, 2.05) is 18.2 Å². The largest absolute Gasteiger partial charge is 0.454 e. The van der Waals surface area contributed by atoms with Gasteiger partial charge in [-0.05, 0) is 55.0 Å². The van der Waals surface area contributed by atoms with Gasteiger partial charge < -0.3 is 19.6 Å². The van der Waals surface area contributed by atoms with Gasteiger partial charge in [-0.25, -0.2) is 4.99 Å². The zero-order chi connectivity index (χ0) is 22.2. The quantitative estimate of drug-likeness (QED) is 0.617. The summed E-state index contributed by atoms with van der Waals surface area (Å²) in [6, 6.07) is 14.5. The highest BCUT2D eigenvalue weighted by Gasteiger charge is 2.67. The van der Waals surface area contributed by atoms with E-state index in [4.69, 9.17) is 24.5 Å². The van der Waals surface area contributed by atoms with Crippen LogP contribution < -0.4 is 14.8 Å². The van der Waals surface area contributed by atoms with E-state index in [0.29, 0.717) is 5.92 Å². The molecule has 6 nitrogen and oxygen atoms in total. The number of aliphatic imine (C=N–C) groups is 1. The molecule has 3 heterocycles. The predicted octanol–water partition coefficient (Wildman–Crippen LogP) is 6.02. The number of para-hydroxylation sites is 2. The Morgan fingerprint density at radius 2 is 1.82 bits per heavy atom. The van der Waals surface area contributed by atoms with Gasteiger partial charge in [-0.1, -0.05) is 37.2 Å². The normalized spacial score (nSPS) is 32.6. The Morgan fingerprint density at radius 1 is 0.970 bits per heavy atom. The highest BCUT2D eigenvalue weighted by atomic mass is 16.7. The Balaban J connectivity index is 1.25. The standard InChI is InChI=1S/C27H29N3O3/c1-26(2)17-8-9-18(12-17)27(26)14-23(30-33-27)22-13-21(28-19-5-3-4-6-20(19)29-22)16-7-10-24-25(11-16)32-15-31-24/h3-7,10-11,17-18,21,28H,8-9,12-15H2,1-2H3. The molecule has 2 fully saturated rings. The van der Waals surface area contributed by atoms with Crippen molar-refractivity contribution in [3.63, 3.8) is 0 Å². The number of anilines is 1. The summed E-state index contributed by atoms with van der Waals surface area (Å²) in [7, 11) is 0. The van der Waals surface area contributed by atoms with Gasteiger partial charge in [-0.15, -0.1) is 0 Å². The lowest BCUT2D eigenvalue weighted by Crippen LogP contribution is -2.49. The van der Waals surface area contributed by atoms with Crippen molar-refractivity contribution in [1.29, 1.82) is 0 Å². The van der Waals surface area contributed by atoms with E-state index in [2.05, 4.69) is 43.4 Å². The van der Waals surface area contributed by atoms with Crippen molar-refractivity contribution in [2.24, 2.45) is 27.4 Å². The molecular formula is C27H29N3O3. The summed E-state index contributed by atoms with van der Waals surface area (Å²) in [4.78, 5) is 11.5. The van der Waals surface area contributed by atoms with Crippen LogP contribution in [-0.4, -0.2) is 23.8 Å². The Hall–Kier alpha value is -3.02. The molecule has 4 atom stereocenters. The van der Waals surface area contributed by atoms with Gasteiger partial charge in [0.05, 0.1) is 23.1 Å². The molecule has 5 aliphatic rings. The van der Waals surface area contributed by atoms with Gasteiger partial charge in [0.1, 0.15) is 5.71 Å². The first-order valence-electron chi connectivity index (χ1n) is 12.1. The third-order valence-corrected chi connectivity index (χ3v) is 8.97. The lowest BCUT2D eigenvalue weighted by molar-refractivity contribution is -0.135. The number of benzene rings is 2. The number of oxime groups is 1. The van der Waals surface area contributed by atoms with Crippen LogP contribution in [0.15, 0.2) is 52.6 Å². The summed E-state index contributed by atoms with van der Waals surface area (Å²) < 4.78 is 11.2. The van der Waals surface area contributed by atoms with E-state index in [1.54, 1.807) is 0 Å². The fourth-order valence-corrected chi connectivity index (χ4v) is 6.93. The molecular weight excluding hydrogens is 414 g/mol. The number of hydrogen-bond acceptors (Lipinski definition) is 6. The molecule has 2 aromatic rings. The molecule has 1 N–H and O–H groups in total. The van der Waals surface area contributed by atoms with Crippen molar-refractivity contribution in [2.45, 2.75) is 57.6 Å². The molecule has 0 radical (unpaired) electrons. The van der Waals surface area contributed by atoms with Crippen molar-refractivity contribution < 1.29 is 14.3 Å². The minimum absolute atomic E-state index is 0.0502. The smallest absolute Gasteiger partial charge is 0.231 e. The van der Waals surface area contributed by atoms with Crippen LogP contribution in [0.3, 0.4) is 0 Å². The molecule has 170 valence electrons. The average molecular weight is 444 g/mol. The van der Waals surface area contributed by atoms with E-state index in [-0.39, 0.29) is 23.9 Å². The van der Waals surface area contributed by atoms with Crippen molar-refractivity contribution in [3.05, 3.63) is 48.0 Å². The van der Waals surface area contributed by atoms with Crippen molar-refractivity contribution in [2.75, 3.05) is 12.1 Å². The van der Waals surface area contributed by atoms with Crippen molar-refractivity contribution >= 4 is 22.8 Å². The molecule has 2 bridgehead atoms. The minimum atomic E-state index is -0.179. The van der Waals surface area contributed by atoms with E-state index in [9.17, 15) is 0 Å².